The molecule has 3 heteroatoms. The third kappa shape index (κ3) is 4.50. The van der Waals surface area contributed by atoms with E-state index < -0.39 is 0 Å². The fourth-order valence-corrected chi connectivity index (χ4v) is 2.31. The highest BCUT2D eigenvalue weighted by Gasteiger charge is 2.16. The molecule has 0 aliphatic rings. The Kier molecular flexibility index (Phi) is 6.27. The minimum Gasteiger partial charge on any atom is -0.327 e. The van der Waals surface area contributed by atoms with Gasteiger partial charge in [0, 0.05) is 18.8 Å². The van der Waals surface area contributed by atoms with Gasteiger partial charge < -0.3 is 5.73 Å². The van der Waals surface area contributed by atoms with Gasteiger partial charge in [0.1, 0.15) is 0 Å². The lowest BCUT2D eigenvalue weighted by Gasteiger charge is -2.21. The van der Waals surface area contributed by atoms with E-state index in [-0.39, 0.29) is 6.04 Å². The van der Waals surface area contributed by atoms with Gasteiger partial charge in [-0.25, -0.2) is 0 Å². The van der Waals surface area contributed by atoms with Crippen molar-refractivity contribution >= 4 is 0 Å². The van der Waals surface area contributed by atoms with Crippen LogP contribution in [-0.4, -0.2) is 15.8 Å². The minimum atomic E-state index is 0.279. The summed E-state index contributed by atoms with van der Waals surface area (Å²) in [4.78, 5) is 0. The van der Waals surface area contributed by atoms with E-state index in [2.05, 4.69) is 32.1 Å². The fraction of sp³-hybridized carbons (Fsp3) is 0.786. The highest BCUT2D eigenvalue weighted by molar-refractivity contribution is 5.06. The van der Waals surface area contributed by atoms with Crippen LogP contribution in [0.3, 0.4) is 0 Å². The molecule has 2 N–H and O–H groups in total. The molecule has 3 nitrogen and oxygen atoms in total. The van der Waals surface area contributed by atoms with Crippen molar-refractivity contribution in [2.24, 2.45) is 11.7 Å². The Morgan fingerprint density at radius 2 is 2.12 bits per heavy atom. The first kappa shape index (κ1) is 14.2. The van der Waals surface area contributed by atoms with Crippen LogP contribution in [0.2, 0.25) is 0 Å². The fourth-order valence-electron chi connectivity index (χ4n) is 2.31. The van der Waals surface area contributed by atoms with Gasteiger partial charge in [0.15, 0.2) is 0 Å². The molecule has 0 radical (unpaired) electrons. The van der Waals surface area contributed by atoms with E-state index >= 15 is 0 Å². The van der Waals surface area contributed by atoms with Gasteiger partial charge in [0.25, 0.3) is 0 Å². The maximum absolute atomic E-state index is 6.31. The number of aryl methyl sites for hydroxylation is 1. The first-order chi connectivity index (χ1) is 8.21. The molecule has 2 unspecified atom stereocenters. The number of aromatic nitrogens is 2. The second-order valence-corrected chi connectivity index (χ2v) is 4.88. The molecule has 0 amide bonds. The van der Waals surface area contributed by atoms with Gasteiger partial charge >= 0.3 is 0 Å². The van der Waals surface area contributed by atoms with Gasteiger partial charge in [-0.15, -0.1) is 0 Å². The van der Waals surface area contributed by atoms with Crippen molar-refractivity contribution in [3.8, 4) is 0 Å². The smallest absolute Gasteiger partial charge is 0.0522 e. The SMILES string of the molecule is CCCCC(CC)C(N)Cc1cnn(CC)c1. The Labute approximate surface area is 105 Å². The van der Waals surface area contributed by atoms with Gasteiger partial charge in [-0.1, -0.05) is 33.1 Å². The molecule has 98 valence electrons. The van der Waals surface area contributed by atoms with Crippen LogP contribution in [0.1, 0.15) is 52.0 Å². The molecule has 0 bridgehead atoms. The standard InChI is InChI=1S/C14H27N3/c1-4-7-8-13(5-2)14(15)9-12-10-16-17(6-3)11-12/h10-11,13-14H,4-9,15H2,1-3H3. The van der Waals surface area contributed by atoms with Crippen LogP contribution in [0, 0.1) is 5.92 Å². The Balaban J connectivity index is 2.47. The van der Waals surface area contributed by atoms with Crippen LogP contribution in [0.25, 0.3) is 0 Å². The summed E-state index contributed by atoms with van der Waals surface area (Å²) in [6, 6.07) is 0.279. The summed E-state index contributed by atoms with van der Waals surface area (Å²) in [5.41, 5.74) is 7.59. The van der Waals surface area contributed by atoms with Crippen molar-refractivity contribution in [2.75, 3.05) is 0 Å². The van der Waals surface area contributed by atoms with E-state index in [1.54, 1.807) is 0 Å². The average molecular weight is 237 g/mol. The number of hydrogen-bond acceptors (Lipinski definition) is 2. The van der Waals surface area contributed by atoms with Crippen molar-refractivity contribution in [3.63, 3.8) is 0 Å². The van der Waals surface area contributed by atoms with E-state index in [1.165, 1.54) is 31.2 Å². The van der Waals surface area contributed by atoms with Gasteiger partial charge in [-0.3, -0.25) is 4.68 Å². The van der Waals surface area contributed by atoms with Crippen LogP contribution in [0.15, 0.2) is 12.4 Å². The van der Waals surface area contributed by atoms with E-state index in [4.69, 9.17) is 5.73 Å². The van der Waals surface area contributed by atoms with Crippen LogP contribution in [0.4, 0.5) is 0 Å². The summed E-state index contributed by atoms with van der Waals surface area (Å²) in [5, 5.41) is 4.30. The summed E-state index contributed by atoms with van der Waals surface area (Å²) in [5.74, 6) is 0.653. The Hall–Kier alpha value is -0.830. The van der Waals surface area contributed by atoms with Crippen molar-refractivity contribution in [2.45, 2.75) is 65.5 Å². The zero-order chi connectivity index (χ0) is 12.7. The second-order valence-electron chi connectivity index (χ2n) is 4.88. The minimum absolute atomic E-state index is 0.279. The van der Waals surface area contributed by atoms with E-state index in [9.17, 15) is 0 Å². The van der Waals surface area contributed by atoms with Gasteiger partial charge in [-0.05, 0) is 31.2 Å². The first-order valence-corrected chi connectivity index (χ1v) is 6.98. The average Bonchev–Trinajstić information content (AvgIpc) is 2.77. The molecule has 0 saturated heterocycles. The van der Waals surface area contributed by atoms with E-state index in [0.29, 0.717) is 5.92 Å². The number of hydrogen-bond donors (Lipinski definition) is 1. The number of unbranched alkanes of at least 4 members (excludes halogenated alkanes) is 1. The summed E-state index contributed by atoms with van der Waals surface area (Å²) < 4.78 is 1.97. The maximum atomic E-state index is 6.31. The third-order valence-corrected chi connectivity index (χ3v) is 3.54. The van der Waals surface area contributed by atoms with Crippen LogP contribution < -0.4 is 5.73 Å². The lowest BCUT2D eigenvalue weighted by atomic mass is 9.89. The Bertz CT molecular complexity index is 306. The number of rotatable bonds is 8. The predicted molar refractivity (Wildman–Crippen MR) is 72.9 cm³/mol. The van der Waals surface area contributed by atoms with Crippen molar-refractivity contribution in [1.29, 1.82) is 0 Å². The molecule has 1 aromatic rings. The highest BCUT2D eigenvalue weighted by Crippen LogP contribution is 2.18. The largest absolute Gasteiger partial charge is 0.327 e. The van der Waals surface area contributed by atoms with Gasteiger partial charge in [0.2, 0.25) is 0 Å². The Morgan fingerprint density at radius 3 is 2.65 bits per heavy atom. The molecule has 1 aromatic heterocycles. The Morgan fingerprint density at radius 1 is 1.35 bits per heavy atom. The molecule has 1 heterocycles. The van der Waals surface area contributed by atoms with Crippen molar-refractivity contribution in [3.05, 3.63) is 18.0 Å². The molecule has 0 spiro atoms. The molecule has 0 aromatic carbocycles. The molecule has 0 fully saturated rings. The van der Waals surface area contributed by atoms with E-state index in [1.807, 2.05) is 10.9 Å². The molecule has 17 heavy (non-hydrogen) atoms. The van der Waals surface area contributed by atoms with Crippen molar-refractivity contribution in [1.82, 2.24) is 9.78 Å². The monoisotopic (exact) mass is 237 g/mol. The number of nitrogens with zero attached hydrogens (tertiary/aromatic N) is 2. The molecule has 1 rings (SSSR count). The molecular formula is C14H27N3. The van der Waals surface area contributed by atoms with Crippen LogP contribution in [0.5, 0.6) is 0 Å². The first-order valence-electron chi connectivity index (χ1n) is 6.98. The quantitative estimate of drug-likeness (QED) is 0.755. The lowest BCUT2D eigenvalue weighted by Crippen LogP contribution is -2.31. The molecular weight excluding hydrogens is 210 g/mol. The lowest BCUT2D eigenvalue weighted by molar-refractivity contribution is 0.368. The second kappa shape index (κ2) is 7.49. The summed E-state index contributed by atoms with van der Waals surface area (Å²) in [6.45, 7) is 7.52. The molecule has 0 aliphatic heterocycles. The predicted octanol–water partition coefficient (Wildman–Crippen LogP) is 2.99. The summed E-state index contributed by atoms with van der Waals surface area (Å²) >= 11 is 0. The summed E-state index contributed by atoms with van der Waals surface area (Å²) in [7, 11) is 0. The third-order valence-electron chi connectivity index (χ3n) is 3.54. The van der Waals surface area contributed by atoms with E-state index in [0.717, 1.165) is 13.0 Å². The van der Waals surface area contributed by atoms with Crippen molar-refractivity contribution < 1.29 is 0 Å². The zero-order valence-corrected chi connectivity index (χ0v) is 11.5. The van der Waals surface area contributed by atoms with Crippen LogP contribution >= 0.6 is 0 Å². The topological polar surface area (TPSA) is 43.8 Å². The maximum Gasteiger partial charge on any atom is 0.0522 e. The molecule has 0 aliphatic carbocycles. The molecule has 0 saturated carbocycles. The van der Waals surface area contributed by atoms with Gasteiger partial charge in [0.05, 0.1) is 6.20 Å². The normalized spacial score (nSPS) is 14.8. The van der Waals surface area contributed by atoms with Gasteiger partial charge in [-0.2, -0.15) is 5.10 Å². The number of nitrogens with two attached hydrogens (primary N) is 1. The molecule has 2 atom stereocenters. The van der Waals surface area contributed by atoms with Crippen LogP contribution in [-0.2, 0) is 13.0 Å². The summed E-state index contributed by atoms with van der Waals surface area (Å²) in [6.07, 6.45) is 10.0. The zero-order valence-electron chi connectivity index (χ0n) is 11.5. The highest BCUT2D eigenvalue weighted by atomic mass is 15.3.